The summed E-state index contributed by atoms with van der Waals surface area (Å²) in [5.41, 5.74) is 5.64. The van der Waals surface area contributed by atoms with E-state index in [2.05, 4.69) is 43.7 Å². The van der Waals surface area contributed by atoms with Gasteiger partial charge in [-0.25, -0.2) is 4.98 Å². The molecule has 55 heavy (non-hydrogen) atoms. The summed E-state index contributed by atoms with van der Waals surface area (Å²) in [6.07, 6.45) is -0.0163. The Morgan fingerprint density at radius 1 is 0.691 bits per heavy atom. The number of aromatic nitrogens is 2. The first kappa shape index (κ1) is 43.2. The number of carbonyl (C=O) groups is 2. The number of rotatable bonds is 10. The van der Waals surface area contributed by atoms with Crippen molar-refractivity contribution in [2.24, 2.45) is 0 Å². The smallest absolute Gasteiger partial charge is 0.339 e. The zero-order chi connectivity index (χ0) is 40.1. The number of hydrogen-bond acceptors (Lipinski definition) is 9. The second-order valence-corrected chi connectivity index (χ2v) is 18.5. The van der Waals surface area contributed by atoms with Crippen LogP contribution in [-0.4, -0.2) is 49.3 Å². The highest BCUT2D eigenvalue weighted by Crippen LogP contribution is 2.61. The average molecular weight is 847 g/mol. The molecular weight excluding hydrogens is 809 g/mol. The fraction of sp³-hybridized carbons (Fsp3) is 0.200. The Bertz CT molecular complexity index is 2360. The van der Waals surface area contributed by atoms with Crippen LogP contribution in [0.5, 0.6) is 11.5 Å². The van der Waals surface area contributed by atoms with Crippen molar-refractivity contribution in [1.29, 1.82) is 0 Å². The third-order valence-electron chi connectivity index (χ3n) is 7.94. The van der Waals surface area contributed by atoms with Crippen LogP contribution in [0.1, 0.15) is 25.0 Å². The van der Waals surface area contributed by atoms with E-state index in [1.807, 2.05) is 84.9 Å². The van der Waals surface area contributed by atoms with E-state index in [4.69, 9.17) is 30.5 Å². The van der Waals surface area contributed by atoms with Crippen molar-refractivity contribution in [3.8, 4) is 33.8 Å². The van der Waals surface area contributed by atoms with E-state index in [0.29, 0.717) is 34.2 Å². The Kier molecular flexibility index (Phi) is 16.0. The highest BCUT2D eigenvalue weighted by molar-refractivity contribution is 8.24. The third kappa shape index (κ3) is 12.2. The number of methoxy groups -OCH3 is 2. The third-order valence-corrected chi connectivity index (χ3v) is 8.25. The monoisotopic (exact) mass is 844 g/mol. The molecule has 0 radical (unpaired) electrons. The molecule has 1 N–H and O–H groups in total. The lowest BCUT2D eigenvalue weighted by atomic mass is 9.94. The first-order valence-electron chi connectivity index (χ1n) is 16.8. The van der Waals surface area contributed by atoms with Gasteiger partial charge in [0, 0.05) is 33.0 Å². The van der Waals surface area contributed by atoms with Gasteiger partial charge >= 0.3 is 17.1 Å². The van der Waals surface area contributed by atoms with Gasteiger partial charge in [0.2, 0.25) is 0 Å². The molecule has 15 heteroatoms. The SMILES string of the molecule is CCOC(=O)Cc1c(-c2ccccc2)c2cc(OC)ccc2[nH]c1=O.CCOC(=O)Cc1c(Cl)nc2ccc(OC)cc2c1-c1ccccc1.O=P(Cl)(Cl)Cl. The van der Waals surface area contributed by atoms with Gasteiger partial charge < -0.3 is 23.9 Å². The van der Waals surface area contributed by atoms with Crippen LogP contribution in [0.2, 0.25) is 5.15 Å². The van der Waals surface area contributed by atoms with Crippen molar-refractivity contribution in [3.05, 3.63) is 124 Å². The average Bonchev–Trinajstić information content (AvgIpc) is 3.15. The van der Waals surface area contributed by atoms with Gasteiger partial charge in [0.1, 0.15) is 16.7 Å². The lowest BCUT2D eigenvalue weighted by Crippen LogP contribution is -2.19. The predicted molar refractivity (Wildman–Crippen MR) is 221 cm³/mol. The molecule has 0 fully saturated rings. The highest BCUT2D eigenvalue weighted by atomic mass is 36.0. The van der Waals surface area contributed by atoms with Crippen LogP contribution in [-0.2, 0) is 36.5 Å². The molecule has 0 aliphatic heterocycles. The van der Waals surface area contributed by atoms with E-state index in [1.54, 1.807) is 40.2 Å². The number of hydrogen-bond donors (Lipinski definition) is 1. The summed E-state index contributed by atoms with van der Waals surface area (Å²) in [6, 6.07) is 30.4. The zero-order valence-corrected chi connectivity index (χ0v) is 34.2. The van der Waals surface area contributed by atoms with Crippen molar-refractivity contribution in [2.75, 3.05) is 27.4 Å². The number of benzene rings is 4. The van der Waals surface area contributed by atoms with Gasteiger partial charge in [0.05, 0.1) is 45.8 Å². The lowest BCUT2D eigenvalue weighted by Gasteiger charge is -2.15. The van der Waals surface area contributed by atoms with Gasteiger partial charge in [0.15, 0.2) is 0 Å². The summed E-state index contributed by atoms with van der Waals surface area (Å²) >= 11 is 20.3. The molecule has 10 nitrogen and oxygen atoms in total. The maximum absolute atomic E-state index is 12.6. The summed E-state index contributed by atoms with van der Waals surface area (Å²) in [5.74, 6) is 0.646. The predicted octanol–water partition coefficient (Wildman–Crippen LogP) is 10.8. The van der Waals surface area contributed by atoms with Crippen LogP contribution < -0.4 is 15.0 Å². The van der Waals surface area contributed by atoms with E-state index in [0.717, 1.165) is 44.3 Å². The van der Waals surface area contributed by atoms with Gasteiger partial charge in [-0.2, -0.15) is 0 Å². The molecule has 0 unspecified atom stereocenters. The lowest BCUT2D eigenvalue weighted by molar-refractivity contribution is -0.143. The Morgan fingerprint density at radius 3 is 1.64 bits per heavy atom. The molecule has 0 atom stereocenters. The van der Waals surface area contributed by atoms with Crippen molar-refractivity contribution < 1.29 is 33.1 Å². The minimum Gasteiger partial charge on any atom is -0.497 e. The number of H-pyrrole nitrogens is 1. The second kappa shape index (κ2) is 20.4. The van der Waals surface area contributed by atoms with Crippen LogP contribution in [0.15, 0.2) is 102 Å². The number of nitrogens with one attached hydrogen (secondary N) is 1. The van der Waals surface area contributed by atoms with E-state index in [-0.39, 0.29) is 31.0 Å². The highest BCUT2D eigenvalue weighted by Gasteiger charge is 2.20. The summed E-state index contributed by atoms with van der Waals surface area (Å²) in [6.45, 7) is 4.12. The fourth-order valence-electron chi connectivity index (χ4n) is 5.73. The zero-order valence-electron chi connectivity index (χ0n) is 30.2. The molecule has 0 aliphatic carbocycles. The summed E-state index contributed by atoms with van der Waals surface area (Å²) < 4.78 is 30.3. The molecular formula is C40H37Cl4N2O8P. The van der Waals surface area contributed by atoms with Crippen LogP contribution >= 0.6 is 50.5 Å². The second-order valence-electron chi connectivity index (χ2n) is 11.5. The van der Waals surface area contributed by atoms with E-state index >= 15 is 0 Å². The van der Waals surface area contributed by atoms with Crippen LogP contribution in [0.4, 0.5) is 0 Å². The van der Waals surface area contributed by atoms with E-state index in [1.165, 1.54) is 0 Å². The molecule has 0 aliphatic rings. The quantitative estimate of drug-likeness (QED) is 0.0812. The van der Waals surface area contributed by atoms with Crippen LogP contribution in [0.25, 0.3) is 44.1 Å². The number of nitrogens with zero attached hydrogens (tertiary/aromatic N) is 1. The first-order valence-corrected chi connectivity index (χ1v) is 21.6. The molecule has 288 valence electrons. The molecule has 0 amide bonds. The van der Waals surface area contributed by atoms with Gasteiger partial charge in [-0.3, -0.25) is 18.9 Å². The first-order chi connectivity index (χ1) is 26.3. The molecule has 0 bridgehead atoms. The number of pyridine rings is 2. The summed E-state index contributed by atoms with van der Waals surface area (Å²) in [4.78, 5) is 44.0. The van der Waals surface area contributed by atoms with E-state index in [9.17, 15) is 18.9 Å². The molecule has 0 saturated heterocycles. The van der Waals surface area contributed by atoms with Gasteiger partial charge in [-0.1, -0.05) is 72.3 Å². The molecule has 6 aromatic rings. The number of fused-ring (bicyclic) bond motifs is 2. The number of esters is 2. The van der Waals surface area contributed by atoms with Crippen molar-refractivity contribution in [3.63, 3.8) is 0 Å². The molecule has 0 spiro atoms. The maximum atomic E-state index is 12.6. The minimum absolute atomic E-state index is 0.0665. The standard InChI is InChI=1S/C20H18ClNO3.C20H19NO4.Cl3OP/c1-3-25-18(23)12-16-19(13-7-5-4-6-8-13)15-11-14(24-2)9-10-17(15)22-20(16)21;1-3-25-18(22)12-16-19(13-7-5-4-6-8-13)15-11-14(24-2)9-10-17(15)21-20(16)23;1-5(2,3)4/h4-11H,3,12H2,1-2H3;4-11H,3,12H2,1-2H3,(H,21,23);. The fourth-order valence-corrected chi connectivity index (χ4v) is 5.98. The van der Waals surface area contributed by atoms with Crippen LogP contribution in [0.3, 0.4) is 0 Å². The number of carbonyl (C=O) groups excluding carboxylic acids is 2. The Labute approximate surface area is 337 Å². The molecule has 4 aromatic carbocycles. The Morgan fingerprint density at radius 2 is 1.15 bits per heavy atom. The maximum Gasteiger partial charge on any atom is 0.339 e. The number of aromatic amines is 1. The van der Waals surface area contributed by atoms with Gasteiger partial charge in [-0.05, 0) is 101 Å². The Balaban J connectivity index is 0.000000218. The van der Waals surface area contributed by atoms with Gasteiger partial charge in [-0.15, -0.1) is 0 Å². The molecule has 0 saturated carbocycles. The van der Waals surface area contributed by atoms with Gasteiger partial charge in [0.25, 0.3) is 5.56 Å². The van der Waals surface area contributed by atoms with Crippen molar-refractivity contribution in [1.82, 2.24) is 9.97 Å². The van der Waals surface area contributed by atoms with Crippen molar-refractivity contribution in [2.45, 2.75) is 26.7 Å². The number of halogens is 4. The molecule has 6 rings (SSSR count). The van der Waals surface area contributed by atoms with Crippen LogP contribution in [0, 0.1) is 0 Å². The summed E-state index contributed by atoms with van der Waals surface area (Å²) in [7, 11) is 3.21. The number of ether oxygens (including phenoxy) is 4. The van der Waals surface area contributed by atoms with E-state index < -0.39 is 11.2 Å². The molecule has 2 aromatic heterocycles. The minimum atomic E-state index is -3.22. The summed E-state index contributed by atoms with van der Waals surface area (Å²) in [5, 5.41) is -1.21. The Hall–Kier alpha value is -4.57. The normalized spacial score (nSPS) is 10.8. The van der Waals surface area contributed by atoms with Crippen molar-refractivity contribution >= 4 is 84.3 Å². The largest absolute Gasteiger partial charge is 0.497 e. The topological polar surface area (TPSA) is 134 Å². The molecule has 2 heterocycles.